The van der Waals surface area contributed by atoms with Crippen LogP contribution in [-0.2, 0) is 5.11 Å². The molecule has 1 unspecified atom stereocenters. The number of rotatable bonds is 0. The molecule has 0 amide bonds. The number of halogens is 1. The molecule has 1 radical (unpaired) electrons. The van der Waals surface area contributed by atoms with Crippen LogP contribution in [-0.4, -0.2) is 6.48 Å². The molecule has 0 aromatic carbocycles. The quantitative estimate of drug-likeness (QED) is 0.303. The molecule has 0 saturated carbocycles. The van der Waals surface area contributed by atoms with Crippen molar-refractivity contribution in [1.82, 2.24) is 0 Å². The molecule has 0 heterocycles. The Kier molecular flexibility index (Phi) is 1.16. The Labute approximate surface area is 23.0 Å². The molecule has 0 rings (SSSR count). The first-order valence-corrected chi connectivity index (χ1v) is 0.787. The lowest BCUT2D eigenvalue weighted by Gasteiger charge is -1.72. The third kappa shape index (κ3) is 59.4. The first-order valence-electron chi connectivity index (χ1n) is 0.787. The van der Waals surface area contributed by atoms with E-state index in [1.54, 1.807) is 0 Å². The Bertz CT molecular complexity index is 12.8. The van der Waals surface area contributed by atoms with Gasteiger partial charge in [-0.3, -0.25) is 5.73 Å². The molecule has 4 heavy (non-hydrogen) atoms. The van der Waals surface area contributed by atoms with Gasteiger partial charge >= 0.3 is 0 Å². The van der Waals surface area contributed by atoms with Crippen molar-refractivity contribution in [2.75, 3.05) is 0 Å². The first-order chi connectivity index (χ1) is 1.73. The minimum Gasteiger partial charge on any atom is -0.277 e. The van der Waals surface area contributed by atoms with E-state index in [0.717, 1.165) is 0 Å². The highest BCUT2D eigenvalue weighted by Gasteiger charge is 1.78. The molecule has 3 heteroatoms. The second kappa shape index (κ2) is 1.20. The minimum atomic E-state index is -2.42. The van der Waals surface area contributed by atoms with E-state index in [-0.39, 0.29) is 0 Å². The molecule has 0 fully saturated rings. The molecule has 0 aromatic rings. The third-order valence-corrected chi connectivity index (χ3v) is 0. The fourth-order valence-corrected chi connectivity index (χ4v) is 0. The summed E-state index contributed by atoms with van der Waals surface area (Å²) in [7, 11) is 0. The van der Waals surface area contributed by atoms with Crippen LogP contribution in [0.1, 0.15) is 0 Å². The molecule has 25 valence electrons. The second-order valence-electron chi connectivity index (χ2n) is 0.351. The van der Waals surface area contributed by atoms with Crippen LogP contribution in [0.4, 0.5) is 4.39 Å². The first kappa shape index (κ1) is 3.85. The molecule has 2 nitrogen and oxygen atoms in total. The molecule has 1 atom stereocenters. The van der Waals surface area contributed by atoms with Gasteiger partial charge in [0.05, 0.1) is 0 Å². The zero-order chi connectivity index (χ0) is 3.58. The van der Waals surface area contributed by atoms with Gasteiger partial charge in [-0.05, 0) is 0 Å². The van der Waals surface area contributed by atoms with Crippen LogP contribution >= 0.6 is 0 Å². The van der Waals surface area contributed by atoms with E-state index in [4.69, 9.17) is 5.11 Å². The maximum atomic E-state index is 10.2. The lowest BCUT2D eigenvalue weighted by Crippen LogP contribution is -2.07. The molecule has 0 aromatic heterocycles. The molecule has 0 spiro atoms. The highest BCUT2D eigenvalue weighted by atomic mass is 19.1. The summed E-state index contributed by atoms with van der Waals surface area (Å²) in [6.07, 6.45) is 0. The van der Waals surface area contributed by atoms with E-state index in [0.29, 0.717) is 0 Å². The van der Waals surface area contributed by atoms with Crippen LogP contribution in [0.15, 0.2) is 0 Å². The number of nitrogens with two attached hydrogens (primary N) is 1. The Balaban J connectivity index is 2.32. The highest BCUT2D eigenvalue weighted by molar-refractivity contribution is 3.97. The molecular formula is CH3FNO. The molecule has 0 saturated heterocycles. The minimum absolute atomic E-state index is 2.42. The fourth-order valence-electron chi connectivity index (χ4n) is 0. The van der Waals surface area contributed by atoms with E-state index in [1.807, 2.05) is 0 Å². The van der Waals surface area contributed by atoms with Crippen molar-refractivity contribution in [3.8, 4) is 0 Å². The summed E-state index contributed by atoms with van der Waals surface area (Å²) < 4.78 is 10.2. The predicted octanol–water partition coefficient (Wildman–Crippen LogP) is -0.371. The summed E-state index contributed by atoms with van der Waals surface area (Å²) in [6, 6.07) is 0. The van der Waals surface area contributed by atoms with Crippen molar-refractivity contribution in [3.05, 3.63) is 0 Å². The number of hydrogen-bond donors (Lipinski definition) is 1. The zero-order valence-electron chi connectivity index (χ0n) is 1.94. The van der Waals surface area contributed by atoms with Gasteiger partial charge in [-0.1, -0.05) is 0 Å². The maximum absolute atomic E-state index is 10.2. The van der Waals surface area contributed by atoms with Crippen molar-refractivity contribution in [2.24, 2.45) is 5.73 Å². The predicted molar refractivity (Wildman–Crippen MR) is 9.77 cm³/mol. The van der Waals surface area contributed by atoms with Gasteiger partial charge in [0.1, 0.15) is 0 Å². The zero-order valence-corrected chi connectivity index (χ0v) is 1.94. The van der Waals surface area contributed by atoms with Gasteiger partial charge in [0.2, 0.25) is 0 Å². The van der Waals surface area contributed by atoms with Crippen LogP contribution in [0.5, 0.6) is 0 Å². The standard InChI is InChI=1S/CH3FNO/c2-1(3)4/h1H,3H2. The molecule has 2 N–H and O–H groups in total. The van der Waals surface area contributed by atoms with E-state index in [9.17, 15) is 4.39 Å². The van der Waals surface area contributed by atoms with Gasteiger partial charge in [0.15, 0.2) is 0 Å². The summed E-state index contributed by atoms with van der Waals surface area (Å²) in [5, 5.41) is 8.64. The second-order valence-corrected chi connectivity index (χ2v) is 0.351. The van der Waals surface area contributed by atoms with Crippen LogP contribution in [0.3, 0.4) is 0 Å². The average molecular weight is 64.0 g/mol. The van der Waals surface area contributed by atoms with E-state index in [1.165, 1.54) is 0 Å². The summed E-state index contributed by atoms with van der Waals surface area (Å²) >= 11 is 0. The van der Waals surface area contributed by atoms with Crippen molar-refractivity contribution in [2.45, 2.75) is 6.48 Å². The van der Waals surface area contributed by atoms with Crippen molar-refractivity contribution < 1.29 is 9.50 Å². The van der Waals surface area contributed by atoms with E-state index >= 15 is 0 Å². The van der Waals surface area contributed by atoms with Gasteiger partial charge in [0, 0.05) is 0 Å². The highest BCUT2D eigenvalue weighted by Crippen LogP contribution is 1.60. The largest absolute Gasteiger partial charge is 0.282 e. The Morgan fingerprint density at radius 1 is 2.00 bits per heavy atom. The Morgan fingerprint density at radius 2 is 2.00 bits per heavy atom. The van der Waals surface area contributed by atoms with Crippen LogP contribution in [0.25, 0.3) is 0 Å². The summed E-state index contributed by atoms with van der Waals surface area (Å²) in [4.78, 5) is 0. The van der Waals surface area contributed by atoms with Gasteiger partial charge in [-0.15, -0.1) is 0 Å². The molecule has 0 bridgehead atoms. The monoisotopic (exact) mass is 64.0 g/mol. The van der Waals surface area contributed by atoms with Crippen LogP contribution in [0.2, 0.25) is 0 Å². The lowest BCUT2D eigenvalue weighted by atomic mass is 11.3. The lowest BCUT2D eigenvalue weighted by molar-refractivity contribution is -0.0161. The van der Waals surface area contributed by atoms with Crippen LogP contribution in [0, 0.1) is 0 Å². The van der Waals surface area contributed by atoms with Gasteiger partial charge in [-0.25, -0.2) is 0 Å². The molecule has 0 aliphatic carbocycles. The maximum Gasteiger partial charge on any atom is 0.282 e. The fraction of sp³-hybridized carbons (Fsp3) is 1.00. The summed E-state index contributed by atoms with van der Waals surface area (Å²) in [6.45, 7) is -2.42. The van der Waals surface area contributed by atoms with Crippen LogP contribution < -0.4 is 5.73 Å². The Hall–Kier alpha value is -0.150. The van der Waals surface area contributed by atoms with Gasteiger partial charge in [-0.2, -0.15) is 9.50 Å². The van der Waals surface area contributed by atoms with Crippen molar-refractivity contribution in [1.29, 1.82) is 0 Å². The van der Waals surface area contributed by atoms with E-state index in [2.05, 4.69) is 5.73 Å². The SMILES string of the molecule is NC([O])F. The smallest absolute Gasteiger partial charge is 0.277 e. The molecule has 0 aliphatic heterocycles. The topological polar surface area (TPSA) is 45.9 Å². The average Bonchev–Trinajstić information content (AvgIpc) is 0.811. The Morgan fingerprint density at radius 3 is 2.00 bits per heavy atom. The van der Waals surface area contributed by atoms with Crippen molar-refractivity contribution in [3.63, 3.8) is 0 Å². The molecular weight excluding hydrogens is 61.0 g/mol. The van der Waals surface area contributed by atoms with Gasteiger partial charge < -0.3 is 0 Å². The third-order valence-electron chi connectivity index (χ3n) is 0. The number of alkyl halides is 1. The number of hydrogen-bond acceptors (Lipinski definition) is 1. The normalized spacial score (nSPS) is 15.8. The summed E-state index contributed by atoms with van der Waals surface area (Å²) in [5.41, 5.74) is 3.89. The summed E-state index contributed by atoms with van der Waals surface area (Å²) in [5.74, 6) is 0. The van der Waals surface area contributed by atoms with Gasteiger partial charge in [0.25, 0.3) is 6.48 Å². The molecule has 0 aliphatic rings. The van der Waals surface area contributed by atoms with E-state index < -0.39 is 6.48 Å². The van der Waals surface area contributed by atoms with Crippen molar-refractivity contribution >= 4 is 0 Å².